The Hall–Kier alpha value is -7.83. The zero-order chi connectivity index (χ0) is 52.4. The van der Waals surface area contributed by atoms with Crippen LogP contribution in [-0.4, -0.2) is 67.4 Å². The Labute approximate surface area is 468 Å². The van der Waals surface area contributed by atoms with Crippen LogP contribution in [0.5, 0.6) is 0 Å². The molecular formula is C60H51BrN6O7S3. The fourth-order valence-corrected chi connectivity index (χ4v) is 12.3. The van der Waals surface area contributed by atoms with E-state index in [-0.39, 0.29) is 58.0 Å². The van der Waals surface area contributed by atoms with Crippen molar-refractivity contribution in [3.8, 4) is 0 Å². The van der Waals surface area contributed by atoms with Crippen LogP contribution < -0.4 is 37.2 Å². The van der Waals surface area contributed by atoms with Crippen molar-refractivity contribution in [2.24, 2.45) is 5.16 Å². The topological polar surface area (TPSA) is 163 Å². The van der Waals surface area contributed by atoms with Gasteiger partial charge in [0.25, 0.3) is 11.8 Å². The second-order valence-corrected chi connectivity index (χ2v) is 20.9. The van der Waals surface area contributed by atoms with Gasteiger partial charge < -0.3 is 37.6 Å². The largest absolute Gasteiger partial charge is 1.00 e. The fourth-order valence-electron chi connectivity index (χ4n) is 9.38. The van der Waals surface area contributed by atoms with Gasteiger partial charge in [0.05, 0.1) is 6.42 Å². The van der Waals surface area contributed by atoms with Gasteiger partial charge in [0, 0.05) is 50.4 Å². The van der Waals surface area contributed by atoms with Crippen LogP contribution in [0.2, 0.25) is 0 Å². The lowest BCUT2D eigenvalue weighted by Gasteiger charge is -2.49. The van der Waals surface area contributed by atoms with E-state index in [2.05, 4.69) is 52.2 Å². The number of oxime groups is 1. The highest BCUT2D eigenvalue weighted by Crippen LogP contribution is 2.43. The molecule has 1 saturated heterocycles. The molecule has 3 N–H and O–H groups in total. The van der Waals surface area contributed by atoms with Crippen LogP contribution in [0, 0.1) is 0 Å². The normalized spacial score (nSPS) is 15.2. The van der Waals surface area contributed by atoms with Crippen molar-refractivity contribution in [2.45, 2.75) is 47.7 Å². The van der Waals surface area contributed by atoms with Crippen molar-refractivity contribution in [1.29, 1.82) is 0 Å². The van der Waals surface area contributed by atoms with Crippen molar-refractivity contribution in [2.75, 3.05) is 17.7 Å². The number of benzene rings is 6. The van der Waals surface area contributed by atoms with Gasteiger partial charge in [-0.25, -0.2) is 9.78 Å². The number of nitrogens with zero attached hydrogens (tertiary/aromatic N) is 4. The summed E-state index contributed by atoms with van der Waals surface area (Å²) in [7, 11) is 0. The second kappa shape index (κ2) is 24.9. The third-order valence-corrected chi connectivity index (χ3v) is 15.9. The van der Waals surface area contributed by atoms with E-state index in [0.717, 1.165) is 55.7 Å². The number of β-lactam (4-membered cyclic amide) rings is 1. The number of amides is 2. The lowest BCUT2D eigenvalue weighted by molar-refractivity contribution is -0.903. The molecule has 388 valence electrons. The first-order valence-corrected chi connectivity index (χ1v) is 27.3. The average Bonchev–Trinajstić information content (AvgIpc) is 3.94. The summed E-state index contributed by atoms with van der Waals surface area (Å²) in [5, 5.41) is 22.4. The molecular weight excluding hydrogens is 1090 g/mol. The summed E-state index contributed by atoms with van der Waals surface area (Å²) in [6.45, 7) is 1.89. The van der Waals surface area contributed by atoms with Gasteiger partial charge in [-0.1, -0.05) is 199 Å². The standard InChI is InChI=1S/C60H50N6O7S3.BrH/c1-2-72-64-51(49-39-75-59(61-49)63-60(44-27-15-6-16-28-44,45-29-17-7-18-30-45)46-31-19-8-20-32-46)55(68)62-52-56(69)66-53(58(70)71)43(38-74-57(52)66)36-50(67)76-48-33-34-65(47(37-48)35-40-21-9-3-10-22-40)73-54(41-23-11-4-12-24-41)42-25-13-5-14-26-42;/h3-34,37,39,52,54,57H,2,35-36,38H2,1H3,(H2-,61,62,63,68,70,71);1H/b64-51-;/t52-,57-;/m1./s1. The molecule has 1 fully saturated rings. The zero-order valence-electron chi connectivity index (χ0n) is 41.5. The number of fused-ring (bicyclic) bond motifs is 1. The number of rotatable bonds is 20. The molecule has 13 nitrogen and oxygen atoms in total. The molecule has 0 aliphatic carbocycles. The van der Waals surface area contributed by atoms with Crippen LogP contribution in [0.15, 0.2) is 227 Å². The van der Waals surface area contributed by atoms with Crippen LogP contribution >= 0.6 is 34.9 Å². The molecule has 77 heavy (non-hydrogen) atoms. The van der Waals surface area contributed by atoms with Gasteiger partial charge in [0.15, 0.2) is 16.0 Å². The van der Waals surface area contributed by atoms with Gasteiger partial charge in [0.2, 0.25) is 18.0 Å². The monoisotopic (exact) mass is 1140 g/mol. The summed E-state index contributed by atoms with van der Waals surface area (Å²) in [5.41, 5.74) is 5.86. The second-order valence-electron chi connectivity index (χ2n) is 17.8. The van der Waals surface area contributed by atoms with Gasteiger partial charge >= 0.3 is 5.97 Å². The number of carboxylic acid groups (broad SMARTS) is 1. The molecule has 0 bridgehead atoms. The smallest absolute Gasteiger partial charge is 0.352 e. The van der Waals surface area contributed by atoms with E-state index in [0.29, 0.717) is 22.0 Å². The maximum atomic E-state index is 14.2. The summed E-state index contributed by atoms with van der Waals surface area (Å²) in [6.07, 6.45) is 1.65. The van der Waals surface area contributed by atoms with Gasteiger partial charge in [-0.3, -0.25) is 24.1 Å². The Kier molecular flexibility index (Phi) is 17.4. The van der Waals surface area contributed by atoms with Crippen LogP contribution in [0.25, 0.3) is 0 Å². The number of carbonyl (C=O) groups excluding carboxylic acids is 3. The number of halogens is 1. The van der Waals surface area contributed by atoms with E-state index in [4.69, 9.17) is 14.7 Å². The molecule has 6 aromatic carbocycles. The minimum atomic E-state index is -1.34. The number of carboxylic acids is 1. The maximum absolute atomic E-state index is 14.2. The molecule has 0 radical (unpaired) electrons. The predicted molar refractivity (Wildman–Crippen MR) is 295 cm³/mol. The average molecular weight is 1140 g/mol. The van der Waals surface area contributed by atoms with Crippen LogP contribution in [0.3, 0.4) is 0 Å². The van der Waals surface area contributed by atoms with E-state index >= 15 is 0 Å². The van der Waals surface area contributed by atoms with Gasteiger partial charge in [-0.05, 0) is 34.8 Å². The van der Waals surface area contributed by atoms with Crippen molar-refractivity contribution in [3.05, 3.63) is 262 Å². The number of nitrogens with one attached hydrogen (secondary N) is 2. The number of aromatic nitrogens is 2. The van der Waals surface area contributed by atoms with Crippen LogP contribution in [-0.2, 0) is 36.0 Å². The number of pyridine rings is 1. The molecule has 8 aromatic rings. The van der Waals surface area contributed by atoms with Gasteiger partial charge in [-0.2, -0.15) is 0 Å². The lowest BCUT2D eigenvalue weighted by Crippen LogP contribution is -3.00. The Morgan fingerprint density at radius 3 is 1.90 bits per heavy atom. The van der Waals surface area contributed by atoms with Crippen molar-refractivity contribution >= 4 is 68.6 Å². The summed E-state index contributed by atoms with van der Waals surface area (Å²) in [4.78, 5) is 74.0. The first-order chi connectivity index (χ1) is 37.2. The number of thioether (sulfide) groups is 2. The highest BCUT2D eigenvalue weighted by molar-refractivity contribution is 8.13. The number of hydrogen-bond acceptors (Lipinski definition) is 12. The molecule has 2 aliphatic rings. The summed E-state index contributed by atoms with van der Waals surface area (Å²) < 4.78 is 1.74. The highest BCUT2D eigenvalue weighted by atomic mass is 79.9. The minimum absolute atomic E-state index is 0. The van der Waals surface area contributed by atoms with E-state index in [9.17, 15) is 24.3 Å². The molecule has 2 atom stereocenters. The van der Waals surface area contributed by atoms with Crippen molar-refractivity contribution < 1.29 is 55.7 Å². The third kappa shape index (κ3) is 11.9. The molecule has 10 rings (SSSR count). The van der Waals surface area contributed by atoms with Crippen LogP contribution in [0.4, 0.5) is 5.13 Å². The Morgan fingerprint density at radius 2 is 1.35 bits per heavy atom. The summed E-state index contributed by atoms with van der Waals surface area (Å²) in [5.74, 6) is -2.55. The van der Waals surface area contributed by atoms with Crippen molar-refractivity contribution in [3.63, 3.8) is 0 Å². The predicted octanol–water partition coefficient (Wildman–Crippen LogP) is 6.84. The van der Waals surface area contributed by atoms with Crippen molar-refractivity contribution in [1.82, 2.24) is 15.2 Å². The lowest BCUT2D eigenvalue weighted by atomic mass is 9.77. The van der Waals surface area contributed by atoms with Gasteiger partial charge in [-0.15, -0.1) is 23.1 Å². The Bertz CT molecular complexity index is 3280. The third-order valence-electron chi connectivity index (χ3n) is 12.9. The molecule has 0 unspecified atom stereocenters. The number of hydrogen-bond donors (Lipinski definition) is 3. The molecule has 4 heterocycles. The van der Waals surface area contributed by atoms with Gasteiger partial charge in [0.1, 0.15) is 35.0 Å². The SMILES string of the molecule is CCO/N=C(\C(=O)N[C@@H]1C(=O)N2C(C(=O)O)=C(CC(=O)Sc3cc[n+](OC(c4ccccc4)c4ccccc4)c(Cc4ccccc4)c3)CS[C@H]12)c1csc(NC(c2ccccc2)(c2ccccc2)c2ccccc2)n1.[Br-]. The highest BCUT2D eigenvalue weighted by Gasteiger charge is 2.54. The summed E-state index contributed by atoms with van der Waals surface area (Å²) in [6, 6.07) is 62.6. The summed E-state index contributed by atoms with van der Waals surface area (Å²) >= 11 is 3.55. The van der Waals surface area contributed by atoms with E-state index in [1.807, 2.05) is 152 Å². The molecule has 2 amide bonds. The Balaban J connectivity index is 0.00000722. The number of aliphatic carboxylic acids is 1. The van der Waals surface area contributed by atoms with Crippen LogP contribution in [0.1, 0.15) is 64.2 Å². The molecule has 17 heteroatoms. The van der Waals surface area contributed by atoms with E-state index in [1.54, 1.807) is 29.3 Å². The molecule has 2 aliphatic heterocycles. The quantitative estimate of drug-likeness (QED) is 0.0183. The molecule has 0 spiro atoms. The van der Waals surface area contributed by atoms with E-state index in [1.165, 1.54) is 23.1 Å². The fraction of sp³-hybridized carbons (Fsp3) is 0.150. The first kappa shape index (κ1) is 54.0. The molecule has 0 saturated carbocycles. The molecule has 2 aromatic heterocycles. The first-order valence-electron chi connectivity index (χ1n) is 24.6. The van der Waals surface area contributed by atoms with E-state index < -0.39 is 40.8 Å². The number of anilines is 1. The maximum Gasteiger partial charge on any atom is 0.352 e. The minimum Gasteiger partial charge on any atom is -1.00 e. The number of carbonyl (C=O) groups is 4. The Morgan fingerprint density at radius 1 is 0.805 bits per heavy atom. The number of thiazole rings is 1. The zero-order valence-corrected chi connectivity index (χ0v) is 45.5.